The fraction of sp³-hybridized carbons (Fsp3) is 0.692. The molecule has 0 spiro atoms. The lowest BCUT2D eigenvalue weighted by Gasteiger charge is -2.57. The highest BCUT2D eigenvalue weighted by molar-refractivity contribution is 5.96. The van der Waals surface area contributed by atoms with E-state index in [0.717, 1.165) is 29.9 Å². The number of carbonyl (C=O) groups excluding carboxylic acids is 2. The summed E-state index contributed by atoms with van der Waals surface area (Å²) in [6.07, 6.45) is 9.47. The molecule has 1 atom stereocenters. The quantitative estimate of drug-likeness (QED) is 0.698. The highest BCUT2D eigenvalue weighted by Crippen LogP contribution is 2.60. The van der Waals surface area contributed by atoms with Crippen molar-refractivity contribution in [2.75, 3.05) is 11.9 Å². The third-order valence-electron chi connectivity index (χ3n) is 7.99. The van der Waals surface area contributed by atoms with Gasteiger partial charge in [0.15, 0.2) is 0 Å². The Morgan fingerprint density at radius 2 is 1.58 bits per heavy atom. The third kappa shape index (κ3) is 4.08. The summed E-state index contributed by atoms with van der Waals surface area (Å²) in [6.45, 7) is 6.11. The normalized spacial score (nSPS) is 34.1. The molecule has 5 fully saturated rings. The van der Waals surface area contributed by atoms with Crippen molar-refractivity contribution in [3.8, 4) is 0 Å². The molecule has 1 N–H and O–H groups in total. The predicted molar refractivity (Wildman–Crippen MR) is 121 cm³/mol. The van der Waals surface area contributed by atoms with Crippen LogP contribution in [0.15, 0.2) is 24.3 Å². The van der Waals surface area contributed by atoms with Gasteiger partial charge in [0, 0.05) is 12.2 Å². The number of hydrogen-bond acceptors (Lipinski definition) is 3. The van der Waals surface area contributed by atoms with Gasteiger partial charge in [-0.15, -0.1) is 0 Å². The van der Waals surface area contributed by atoms with Crippen LogP contribution in [0, 0.1) is 17.8 Å². The Labute approximate surface area is 185 Å². The zero-order chi connectivity index (χ0) is 21.8. The second kappa shape index (κ2) is 7.53. The van der Waals surface area contributed by atoms with Gasteiger partial charge in [-0.25, -0.2) is 4.79 Å². The van der Waals surface area contributed by atoms with E-state index < -0.39 is 17.7 Å². The number of amides is 2. The molecular formula is C26H36N2O3. The van der Waals surface area contributed by atoms with Gasteiger partial charge in [-0.1, -0.05) is 12.1 Å². The second-order valence-electron chi connectivity index (χ2n) is 11.6. The molecule has 1 aliphatic heterocycles. The van der Waals surface area contributed by atoms with Crippen molar-refractivity contribution >= 4 is 17.7 Å². The lowest BCUT2D eigenvalue weighted by Crippen LogP contribution is -2.48. The van der Waals surface area contributed by atoms with Crippen LogP contribution in [0.4, 0.5) is 10.5 Å². The van der Waals surface area contributed by atoms with Gasteiger partial charge in [-0.05, 0) is 113 Å². The molecule has 168 valence electrons. The molecule has 4 bridgehead atoms. The first kappa shape index (κ1) is 20.8. The Morgan fingerprint density at radius 1 is 1.00 bits per heavy atom. The molecule has 31 heavy (non-hydrogen) atoms. The van der Waals surface area contributed by atoms with E-state index in [9.17, 15) is 9.59 Å². The lowest BCUT2D eigenvalue weighted by atomic mass is 9.48. The molecular weight excluding hydrogens is 388 g/mol. The van der Waals surface area contributed by atoms with E-state index in [1.54, 1.807) is 4.90 Å². The zero-order valence-corrected chi connectivity index (χ0v) is 19.2. The smallest absolute Gasteiger partial charge is 0.410 e. The summed E-state index contributed by atoms with van der Waals surface area (Å²) in [5.74, 6) is 2.65. The maximum Gasteiger partial charge on any atom is 0.410 e. The summed E-state index contributed by atoms with van der Waals surface area (Å²) < 4.78 is 5.49. The number of anilines is 1. The van der Waals surface area contributed by atoms with Gasteiger partial charge in [-0.2, -0.15) is 0 Å². The van der Waals surface area contributed by atoms with Crippen molar-refractivity contribution < 1.29 is 14.3 Å². The van der Waals surface area contributed by atoms with E-state index in [1.807, 2.05) is 20.8 Å². The molecule has 4 saturated carbocycles. The van der Waals surface area contributed by atoms with E-state index in [1.165, 1.54) is 44.1 Å². The van der Waals surface area contributed by atoms with Crippen molar-refractivity contribution in [3.63, 3.8) is 0 Å². The van der Waals surface area contributed by atoms with Gasteiger partial charge in [-0.3, -0.25) is 9.69 Å². The Balaban J connectivity index is 1.25. The summed E-state index contributed by atoms with van der Waals surface area (Å²) in [5.41, 5.74) is 2.08. The number of rotatable bonds is 3. The van der Waals surface area contributed by atoms with Crippen LogP contribution in [-0.2, 0) is 14.9 Å². The first-order valence-corrected chi connectivity index (χ1v) is 12.1. The highest BCUT2D eigenvalue weighted by atomic mass is 16.6. The average Bonchev–Trinajstić information content (AvgIpc) is 3.16. The van der Waals surface area contributed by atoms with Crippen molar-refractivity contribution in [3.05, 3.63) is 29.8 Å². The fourth-order valence-corrected chi connectivity index (χ4v) is 7.18. The summed E-state index contributed by atoms with van der Waals surface area (Å²) in [5, 5.41) is 3.04. The van der Waals surface area contributed by atoms with Gasteiger partial charge in [0.25, 0.3) is 0 Å². The number of carbonyl (C=O) groups is 2. The lowest BCUT2D eigenvalue weighted by molar-refractivity contribution is -0.120. The maximum absolute atomic E-state index is 12.9. The fourth-order valence-electron chi connectivity index (χ4n) is 7.18. The van der Waals surface area contributed by atoms with Crippen molar-refractivity contribution in [2.45, 2.75) is 89.2 Å². The molecule has 5 nitrogen and oxygen atoms in total. The van der Waals surface area contributed by atoms with Crippen LogP contribution in [-0.4, -0.2) is 35.1 Å². The van der Waals surface area contributed by atoms with Crippen LogP contribution < -0.4 is 5.32 Å². The molecule has 0 aromatic heterocycles. The predicted octanol–water partition coefficient (Wildman–Crippen LogP) is 5.49. The molecule has 1 aromatic carbocycles. The molecule has 4 aliphatic carbocycles. The van der Waals surface area contributed by atoms with Crippen LogP contribution in [0.3, 0.4) is 0 Å². The molecule has 1 saturated heterocycles. The topological polar surface area (TPSA) is 58.6 Å². The molecule has 1 heterocycles. The van der Waals surface area contributed by atoms with Gasteiger partial charge in [0.05, 0.1) is 0 Å². The molecule has 0 radical (unpaired) electrons. The Morgan fingerprint density at radius 3 is 2.13 bits per heavy atom. The summed E-state index contributed by atoms with van der Waals surface area (Å²) in [7, 11) is 0. The first-order chi connectivity index (χ1) is 14.7. The monoisotopic (exact) mass is 424 g/mol. The number of benzene rings is 1. The van der Waals surface area contributed by atoms with Gasteiger partial charge >= 0.3 is 6.09 Å². The number of hydrogen-bond donors (Lipinski definition) is 1. The number of likely N-dealkylation sites (tertiary alicyclic amines) is 1. The number of ether oxygens (including phenoxy) is 1. The van der Waals surface area contributed by atoms with Crippen molar-refractivity contribution in [1.82, 2.24) is 4.90 Å². The SMILES string of the molecule is CC(C)(C)OC(=O)N1CCC[C@H]1C(=O)Nc1ccc(C23CC4CC(CC(C4)C2)C3)cc1. The largest absolute Gasteiger partial charge is 0.444 e. The highest BCUT2D eigenvalue weighted by Gasteiger charge is 2.51. The van der Waals surface area contributed by atoms with Crippen LogP contribution >= 0.6 is 0 Å². The second-order valence-corrected chi connectivity index (χ2v) is 11.6. The van der Waals surface area contributed by atoms with Gasteiger partial charge in [0.1, 0.15) is 11.6 Å². The molecule has 1 aromatic rings. The van der Waals surface area contributed by atoms with E-state index in [2.05, 4.69) is 29.6 Å². The first-order valence-electron chi connectivity index (χ1n) is 12.1. The van der Waals surface area contributed by atoms with E-state index in [-0.39, 0.29) is 5.91 Å². The molecule has 5 aliphatic rings. The van der Waals surface area contributed by atoms with Crippen LogP contribution in [0.1, 0.15) is 77.7 Å². The summed E-state index contributed by atoms with van der Waals surface area (Å²) >= 11 is 0. The Hall–Kier alpha value is -2.04. The molecule has 6 rings (SSSR count). The minimum Gasteiger partial charge on any atom is -0.444 e. The van der Waals surface area contributed by atoms with Gasteiger partial charge in [0.2, 0.25) is 5.91 Å². The van der Waals surface area contributed by atoms with E-state index in [4.69, 9.17) is 4.74 Å². The number of nitrogens with zero attached hydrogens (tertiary/aromatic N) is 1. The molecule has 2 amide bonds. The third-order valence-corrected chi connectivity index (χ3v) is 7.99. The van der Waals surface area contributed by atoms with Gasteiger partial charge < -0.3 is 10.1 Å². The summed E-state index contributed by atoms with van der Waals surface area (Å²) in [4.78, 5) is 27.0. The van der Waals surface area contributed by atoms with Crippen LogP contribution in [0.5, 0.6) is 0 Å². The zero-order valence-electron chi connectivity index (χ0n) is 19.2. The minimum atomic E-state index is -0.562. The van der Waals surface area contributed by atoms with Crippen molar-refractivity contribution in [2.24, 2.45) is 17.8 Å². The van der Waals surface area contributed by atoms with Crippen LogP contribution in [0.25, 0.3) is 0 Å². The van der Waals surface area contributed by atoms with E-state index in [0.29, 0.717) is 18.4 Å². The van der Waals surface area contributed by atoms with Crippen molar-refractivity contribution in [1.29, 1.82) is 0 Å². The average molecular weight is 425 g/mol. The Bertz CT molecular complexity index is 819. The summed E-state index contributed by atoms with van der Waals surface area (Å²) in [6, 6.07) is 8.13. The van der Waals surface area contributed by atoms with Crippen LogP contribution in [0.2, 0.25) is 0 Å². The Kier molecular flexibility index (Phi) is 5.06. The van der Waals surface area contributed by atoms with E-state index >= 15 is 0 Å². The molecule has 5 heteroatoms. The minimum absolute atomic E-state index is 0.120. The maximum atomic E-state index is 12.9. The molecule has 0 unspecified atom stereocenters. The number of nitrogens with one attached hydrogen (secondary N) is 1. The standard InChI is InChI=1S/C26H36N2O3/c1-25(2,3)31-24(30)28-10-4-5-22(28)23(29)27-21-8-6-20(7-9-21)26-14-17-11-18(15-26)13-19(12-17)16-26/h6-9,17-19,22H,4-5,10-16H2,1-3H3,(H,27,29)/t17?,18?,19?,22-,26?/m0/s1.